The second-order valence-electron chi connectivity index (χ2n) is 7.14. The molecule has 2 aromatic carbocycles. The van der Waals surface area contributed by atoms with Gasteiger partial charge in [0.05, 0.1) is 26.4 Å². The molecule has 0 unspecified atom stereocenters. The standard InChI is InChI=1S/C19H19BrO5S2/c20-16-14-11-15(17(16)21)19(27(24,25)13-9-5-2-6-10-13)18(14)26(22,23)12-7-3-1-4-8-12/h1-10,14-19,21H,11H2/t14-,15+,16+,17-,18+,19+/m0/s1. The number of fused-ring (bicyclic) bond motifs is 2. The highest BCUT2D eigenvalue weighted by atomic mass is 79.9. The largest absolute Gasteiger partial charge is 0.392 e. The zero-order chi connectivity index (χ0) is 19.4. The van der Waals surface area contributed by atoms with Gasteiger partial charge in [0.1, 0.15) is 0 Å². The number of hydrogen-bond donors (Lipinski definition) is 1. The number of aliphatic hydroxyl groups is 1. The molecule has 8 heteroatoms. The normalized spacial score (nSPS) is 33.3. The van der Waals surface area contributed by atoms with Gasteiger partial charge in [-0.15, -0.1) is 0 Å². The summed E-state index contributed by atoms with van der Waals surface area (Å²) in [5, 5.41) is 8.25. The highest BCUT2D eigenvalue weighted by Gasteiger charge is 2.65. The maximum Gasteiger partial charge on any atom is 0.182 e. The molecule has 6 atom stereocenters. The Hall–Kier alpha value is -1.22. The zero-order valence-electron chi connectivity index (χ0n) is 14.2. The lowest BCUT2D eigenvalue weighted by molar-refractivity contribution is 0.123. The first-order valence-electron chi connectivity index (χ1n) is 8.66. The quantitative estimate of drug-likeness (QED) is 0.693. The van der Waals surface area contributed by atoms with E-state index in [1.807, 2.05) is 0 Å². The number of alkyl halides is 1. The van der Waals surface area contributed by atoms with Gasteiger partial charge in [0, 0.05) is 10.7 Å². The third-order valence-electron chi connectivity index (χ3n) is 5.75. The smallest absolute Gasteiger partial charge is 0.182 e. The van der Waals surface area contributed by atoms with Crippen LogP contribution >= 0.6 is 15.9 Å². The molecule has 5 nitrogen and oxygen atoms in total. The number of benzene rings is 2. The first-order chi connectivity index (χ1) is 12.8. The van der Waals surface area contributed by atoms with Crippen LogP contribution in [0.4, 0.5) is 0 Å². The molecule has 1 N–H and O–H groups in total. The van der Waals surface area contributed by atoms with E-state index in [0.717, 1.165) is 0 Å². The van der Waals surface area contributed by atoms with Gasteiger partial charge in [-0.2, -0.15) is 0 Å². The van der Waals surface area contributed by atoms with Gasteiger partial charge >= 0.3 is 0 Å². The first-order valence-corrected chi connectivity index (χ1v) is 12.7. The van der Waals surface area contributed by atoms with Crippen LogP contribution in [0.2, 0.25) is 0 Å². The highest BCUT2D eigenvalue weighted by molar-refractivity contribution is 9.09. The van der Waals surface area contributed by atoms with E-state index in [2.05, 4.69) is 15.9 Å². The Labute approximate surface area is 167 Å². The van der Waals surface area contributed by atoms with Crippen LogP contribution in [0.3, 0.4) is 0 Å². The van der Waals surface area contributed by atoms with Crippen LogP contribution in [-0.4, -0.2) is 43.4 Å². The molecule has 2 aliphatic rings. The third-order valence-corrected chi connectivity index (χ3v) is 11.7. The molecule has 2 aromatic rings. The van der Waals surface area contributed by atoms with E-state index in [1.165, 1.54) is 24.3 Å². The molecule has 2 saturated carbocycles. The van der Waals surface area contributed by atoms with Gasteiger partial charge in [-0.3, -0.25) is 0 Å². The topological polar surface area (TPSA) is 88.5 Å². The van der Waals surface area contributed by atoms with Crippen molar-refractivity contribution in [1.82, 2.24) is 0 Å². The fraction of sp³-hybridized carbons (Fsp3) is 0.368. The summed E-state index contributed by atoms with van der Waals surface area (Å²) in [6.07, 6.45) is -0.523. The second kappa shape index (κ2) is 6.69. The van der Waals surface area contributed by atoms with Crippen LogP contribution in [0.1, 0.15) is 6.42 Å². The fourth-order valence-corrected chi connectivity index (χ4v) is 10.9. The lowest BCUT2D eigenvalue weighted by atomic mass is 9.96. The number of sulfone groups is 2. The zero-order valence-corrected chi connectivity index (χ0v) is 17.4. The minimum Gasteiger partial charge on any atom is -0.392 e. The van der Waals surface area contributed by atoms with Crippen LogP contribution in [0, 0.1) is 11.8 Å². The van der Waals surface area contributed by atoms with E-state index in [1.54, 1.807) is 36.4 Å². The van der Waals surface area contributed by atoms with E-state index < -0.39 is 52.9 Å². The van der Waals surface area contributed by atoms with E-state index >= 15 is 0 Å². The van der Waals surface area contributed by atoms with Crippen molar-refractivity contribution in [1.29, 1.82) is 0 Å². The molecule has 0 aliphatic heterocycles. The summed E-state index contributed by atoms with van der Waals surface area (Å²) < 4.78 is 53.5. The van der Waals surface area contributed by atoms with Crippen molar-refractivity contribution >= 4 is 35.6 Å². The fourth-order valence-electron chi connectivity index (χ4n) is 4.55. The molecule has 0 radical (unpaired) electrons. The van der Waals surface area contributed by atoms with Gasteiger partial charge in [-0.05, 0) is 36.6 Å². The van der Waals surface area contributed by atoms with Crippen LogP contribution in [0.25, 0.3) is 0 Å². The Morgan fingerprint density at radius 1 is 0.741 bits per heavy atom. The summed E-state index contributed by atoms with van der Waals surface area (Å²) in [6, 6.07) is 15.9. The molecule has 0 saturated heterocycles. The summed E-state index contributed by atoms with van der Waals surface area (Å²) in [5.74, 6) is -1.08. The van der Waals surface area contributed by atoms with E-state index in [0.29, 0.717) is 6.42 Å². The highest BCUT2D eigenvalue weighted by Crippen LogP contribution is 2.54. The van der Waals surface area contributed by atoms with Crippen molar-refractivity contribution in [3.8, 4) is 0 Å². The maximum atomic E-state index is 13.4. The summed E-state index contributed by atoms with van der Waals surface area (Å²) in [7, 11) is -7.81. The van der Waals surface area contributed by atoms with Gasteiger partial charge in [-0.25, -0.2) is 16.8 Å². The van der Waals surface area contributed by atoms with Gasteiger partial charge in [0.15, 0.2) is 19.7 Å². The molecular weight excluding hydrogens is 452 g/mol. The second-order valence-corrected chi connectivity index (χ2v) is 12.4. The number of halogens is 1. The molecule has 0 heterocycles. The molecule has 0 aromatic heterocycles. The third kappa shape index (κ3) is 2.88. The average molecular weight is 471 g/mol. The Morgan fingerprint density at radius 2 is 1.15 bits per heavy atom. The molecule has 0 spiro atoms. The molecule has 2 aliphatic carbocycles. The number of rotatable bonds is 4. The predicted molar refractivity (Wildman–Crippen MR) is 105 cm³/mol. The van der Waals surface area contributed by atoms with Crippen molar-refractivity contribution in [3.63, 3.8) is 0 Å². The van der Waals surface area contributed by atoms with Crippen molar-refractivity contribution < 1.29 is 21.9 Å². The summed E-state index contributed by atoms with van der Waals surface area (Å²) in [4.78, 5) is -0.229. The van der Waals surface area contributed by atoms with E-state index in [9.17, 15) is 21.9 Å². The minimum absolute atomic E-state index is 0.0918. The first kappa shape index (κ1) is 19.1. The Morgan fingerprint density at radius 3 is 1.59 bits per heavy atom. The van der Waals surface area contributed by atoms with Crippen LogP contribution in [-0.2, 0) is 19.7 Å². The summed E-state index contributed by atoms with van der Waals surface area (Å²) in [6.45, 7) is 0. The predicted octanol–water partition coefficient (Wildman–Crippen LogP) is 2.45. The Bertz CT molecular complexity index is 953. The van der Waals surface area contributed by atoms with Gasteiger partial charge in [0.2, 0.25) is 0 Å². The average Bonchev–Trinajstić information content (AvgIpc) is 3.21. The molecular formula is C19H19BrO5S2. The van der Waals surface area contributed by atoms with Crippen molar-refractivity contribution in [2.75, 3.05) is 0 Å². The van der Waals surface area contributed by atoms with E-state index in [4.69, 9.17) is 0 Å². The van der Waals surface area contributed by atoms with Crippen LogP contribution < -0.4 is 0 Å². The summed E-state index contributed by atoms with van der Waals surface area (Å²) >= 11 is 3.41. The molecule has 0 amide bonds. The Balaban J connectivity index is 1.87. The van der Waals surface area contributed by atoms with Crippen molar-refractivity contribution in [2.45, 2.75) is 37.6 Å². The van der Waals surface area contributed by atoms with Crippen LogP contribution in [0.5, 0.6) is 0 Å². The molecule has 2 fully saturated rings. The minimum atomic E-state index is -3.93. The lowest BCUT2D eigenvalue weighted by Gasteiger charge is -2.36. The van der Waals surface area contributed by atoms with Crippen LogP contribution in [0.15, 0.2) is 70.5 Å². The monoisotopic (exact) mass is 470 g/mol. The van der Waals surface area contributed by atoms with E-state index in [-0.39, 0.29) is 9.79 Å². The number of hydrogen-bond acceptors (Lipinski definition) is 5. The van der Waals surface area contributed by atoms with Crippen molar-refractivity contribution in [2.24, 2.45) is 11.8 Å². The molecule has 2 bridgehead atoms. The molecule has 27 heavy (non-hydrogen) atoms. The molecule has 144 valence electrons. The van der Waals surface area contributed by atoms with Gasteiger partial charge in [0.25, 0.3) is 0 Å². The Kier molecular flexibility index (Phi) is 4.73. The summed E-state index contributed by atoms with van der Waals surface area (Å²) in [5.41, 5.74) is 0. The maximum absolute atomic E-state index is 13.4. The lowest BCUT2D eigenvalue weighted by Crippen LogP contribution is -2.52. The SMILES string of the molecule is O=S(=O)(c1ccccc1)[C@@H]1[C@@H]2C[C@@H]([C@@H](Br)[C@H]2O)[C@H]1S(=O)(=O)c1ccccc1. The van der Waals surface area contributed by atoms with Gasteiger partial charge < -0.3 is 5.11 Å². The molecule has 4 rings (SSSR count). The number of aliphatic hydroxyl groups excluding tert-OH is 1. The van der Waals surface area contributed by atoms with Gasteiger partial charge in [-0.1, -0.05) is 52.3 Å². The van der Waals surface area contributed by atoms with Crippen molar-refractivity contribution in [3.05, 3.63) is 60.7 Å².